The van der Waals surface area contributed by atoms with Crippen molar-refractivity contribution in [3.8, 4) is 0 Å². The number of hydrogen-bond acceptors (Lipinski definition) is 4. The van der Waals surface area contributed by atoms with Crippen molar-refractivity contribution in [1.82, 2.24) is 9.80 Å². The Labute approximate surface area is 122 Å². The second-order valence-corrected chi connectivity index (χ2v) is 6.26. The molecule has 0 atom stereocenters. The van der Waals surface area contributed by atoms with Crippen molar-refractivity contribution in [3.63, 3.8) is 0 Å². The number of rotatable bonds is 4. The van der Waals surface area contributed by atoms with Crippen LogP contribution in [0, 0.1) is 0 Å². The Morgan fingerprint density at radius 1 is 1.35 bits per heavy atom. The summed E-state index contributed by atoms with van der Waals surface area (Å²) < 4.78 is 5.32. The summed E-state index contributed by atoms with van der Waals surface area (Å²) in [6.07, 6.45) is 4.62. The van der Waals surface area contributed by atoms with E-state index in [2.05, 4.69) is 11.8 Å². The fraction of sp³-hybridized carbons (Fsp3) is 0.933. The fourth-order valence-corrected chi connectivity index (χ4v) is 3.31. The molecule has 0 unspecified atom stereocenters. The molecule has 0 radical (unpaired) electrons. The van der Waals surface area contributed by atoms with Crippen molar-refractivity contribution < 1.29 is 9.53 Å². The largest absolute Gasteiger partial charge is 0.381 e. The molecule has 116 valence electrons. The van der Waals surface area contributed by atoms with Crippen LogP contribution in [0.15, 0.2) is 0 Å². The first-order chi connectivity index (χ1) is 9.57. The van der Waals surface area contributed by atoms with Gasteiger partial charge in [0.25, 0.3) is 0 Å². The highest BCUT2D eigenvalue weighted by atomic mass is 16.5. The Balaban J connectivity index is 1.88. The normalized spacial score (nSPS) is 24.6. The van der Waals surface area contributed by atoms with Gasteiger partial charge in [0.15, 0.2) is 0 Å². The highest BCUT2D eigenvalue weighted by Crippen LogP contribution is 2.23. The van der Waals surface area contributed by atoms with Gasteiger partial charge in [-0.3, -0.25) is 4.79 Å². The number of hydrogen-bond donors (Lipinski definition) is 1. The van der Waals surface area contributed by atoms with Crippen LogP contribution in [-0.2, 0) is 9.53 Å². The first kappa shape index (κ1) is 15.7. The molecule has 2 fully saturated rings. The Hall–Kier alpha value is -0.650. The molecule has 0 bridgehead atoms. The lowest BCUT2D eigenvalue weighted by Crippen LogP contribution is -2.60. The van der Waals surface area contributed by atoms with Gasteiger partial charge in [-0.25, -0.2) is 0 Å². The minimum absolute atomic E-state index is 0.106. The third kappa shape index (κ3) is 3.51. The molecule has 2 heterocycles. The summed E-state index contributed by atoms with van der Waals surface area (Å²) in [5, 5.41) is 0. The smallest absolute Gasteiger partial charge is 0.242 e. The first-order valence-electron chi connectivity index (χ1n) is 7.93. The van der Waals surface area contributed by atoms with Gasteiger partial charge in [-0.05, 0) is 38.6 Å². The predicted molar refractivity (Wildman–Crippen MR) is 79.5 cm³/mol. The van der Waals surface area contributed by atoms with Gasteiger partial charge in [-0.2, -0.15) is 0 Å². The fourth-order valence-electron chi connectivity index (χ4n) is 3.31. The molecule has 5 heteroatoms. The van der Waals surface area contributed by atoms with Gasteiger partial charge < -0.3 is 20.3 Å². The molecule has 0 aliphatic carbocycles. The predicted octanol–water partition coefficient (Wildman–Crippen LogP) is 0.827. The third-order valence-corrected chi connectivity index (χ3v) is 4.78. The maximum Gasteiger partial charge on any atom is 0.242 e. The molecule has 2 aliphatic rings. The van der Waals surface area contributed by atoms with Gasteiger partial charge in [-0.15, -0.1) is 0 Å². The molecule has 0 aromatic heterocycles. The number of likely N-dealkylation sites (tertiary alicyclic amines) is 1. The van der Waals surface area contributed by atoms with E-state index in [-0.39, 0.29) is 5.91 Å². The van der Waals surface area contributed by atoms with Crippen LogP contribution >= 0.6 is 0 Å². The van der Waals surface area contributed by atoms with Gasteiger partial charge in [0, 0.05) is 39.4 Å². The zero-order valence-corrected chi connectivity index (χ0v) is 12.9. The number of amides is 1. The Morgan fingerprint density at radius 3 is 2.50 bits per heavy atom. The van der Waals surface area contributed by atoms with E-state index in [9.17, 15) is 4.79 Å². The molecular weight excluding hydrogens is 254 g/mol. The molecule has 0 saturated carbocycles. The maximum atomic E-state index is 12.7. The first-order valence-corrected chi connectivity index (χ1v) is 7.93. The molecule has 5 nitrogen and oxygen atoms in total. The topological polar surface area (TPSA) is 58.8 Å². The maximum absolute atomic E-state index is 12.7. The van der Waals surface area contributed by atoms with Crippen LogP contribution in [0.1, 0.15) is 39.0 Å². The van der Waals surface area contributed by atoms with Crippen LogP contribution in [0.3, 0.4) is 0 Å². The monoisotopic (exact) mass is 283 g/mol. The minimum atomic E-state index is -0.701. The van der Waals surface area contributed by atoms with Crippen molar-refractivity contribution in [3.05, 3.63) is 0 Å². The van der Waals surface area contributed by atoms with Crippen LogP contribution < -0.4 is 5.73 Å². The van der Waals surface area contributed by atoms with E-state index in [0.717, 1.165) is 25.9 Å². The van der Waals surface area contributed by atoms with Crippen LogP contribution in [0.2, 0.25) is 0 Å². The summed E-state index contributed by atoms with van der Waals surface area (Å²) in [4.78, 5) is 17.1. The van der Waals surface area contributed by atoms with E-state index in [1.165, 1.54) is 13.0 Å². The molecule has 1 amide bonds. The molecule has 2 saturated heterocycles. The Bertz CT molecular complexity index is 321. The number of nitrogens with zero attached hydrogens (tertiary/aromatic N) is 2. The van der Waals surface area contributed by atoms with Crippen LogP contribution in [-0.4, -0.2) is 67.2 Å². The SMILES string of the molecule is CCCN1CCC(N(C)C(=O)C2(N)CCOCC2)CC1. The Morgan fingerprint density at radius 2 is 1.95 bits per heavy atom. The lowest BCUT2D eigenvalue weighted by atomic mass is 9.88. The molecule has 2 aliphatic heterocycles. The van der Waals surface area contributed by atoms with Crippen LogP contribution in [0.25, 0.3) is 0 Å². The summed E-state index contributed by atoms with van der Waals surface area (Å²) >= 11 is 0. The van der Waals surface area contributed by atoms with Gasteiger partial charge in [0.05, 0.1) is 5.54 Å². The van der Waals surface area contributed by atoms with E-state index in [1.807, 2.05) is 11.9 Å². The minimum Gasteiger partial charge on any atom is -0.381 e. The number of ether oxygens (including phenoxy) is 1. The van der Waals surface area contributed by atoms with Crippen molar-refractivity contribution >= 4 is 5.91 Å². The summed E-state index contributed by atoms with van der Waals surface area (Å²) in [7, 11) is 1.92. The van der Waals surface area contributed by atoms with Gasteiger partial charge >= 0.3 is 0 Å². The average Bonchev–Trinajstić information content (AvgIpc) is 2.48. The van der Waals surface area contributed by atoms with Crippen LogP contribution in [0.5, 0.6) is 0 Å². The van der Waals surface area contributed by atoms with E-state index in [0.29, 0.717) is 32.1 Å². The van der Waals surface area contributed by atoms with E-state index in [4.69, 9.17) is 10.5 Å². The highest BCUT2D eigenvalue weighted by molar-refractivity contribution is 5.86. The quantitative estimate of drug-likeness (QED) is 0.830. The molecule has 0 spiro atoms. The summed E-state index contributed by atoms with van der Waals surface area (Å²) in [5.74, 6) is 0.106. The Kier molecular flexibility index (Phi) is 5.41. The lowest BCUT2D eigenvalue weighted by molar-refractivity contribution is -0.142. The molecule has 0 aromatic carbocycles. The lowest BCUT2D eigenvalue weighted by Gasteiger charge is -2.41. The number of carbonyl (C=O) groups excluding carboxylic acids is 1. The molecular formula is C15H29N3O2. The van der Waals surface area contributed by atoms with E-state index >= 15 is 0 Å². The molecule has 0 aromatic rings. The average molecular weight is 283 g/mol. The van der Waals surface area contributed by atoms with Gasteiger partial charge in [0.1, 0.15) is 0 Å². The number of carbonyl (C=O) groups is 1. The summed E-state index contributed by atoms with van der Waals surface area (Å²) in [6, 6.07) is 0.346. The third-order valence-electron chi connectivity index (χ3n) is 4.78. The molecule has 2 rings (SSSR count). The standard InChI is InChI=1S/C15H29N3O2/c1-3-8-18-9-4-13(5-10-18)17(2)14(19)15(16)6-11-20-12-7-15/h13H,3-12,16H2,1-2H3. The zero-order valence-electron chi connectivity index (χ0n) is 12.9. The summed E-state index contributed by atoms with van der Waals surface area (Å²) in [5.41, 5.74) is 5.60. The molecule has 2 N–H and O–H groups in total. The van der Waals surface area contributed by atoms with Crippen molar-refractivity contribution in [2.75, 3.05) is 39.9 Å². The highest BCUT2D eigenvalue weighted by Gasteiger charge is 2.40. The summed E-state index contributed by atoms with van der Waals surface area (Å²) in [6.45, 7) is 6.78. The van der Waals surface area contributed by atoms with Crippen molar-refractivity contribution in [1.29, 1.82) is 0 Å². The zero-order chi connectivity index (χ0) is 14.6. The number of nitrogens with two attached hydrogens (primary N) is 1. The van der Waals surface area contributed by atoms with Crippen LogP contribution in [0.4, 0.5) is 0 Å². The second-order valence-electron chi connectivity index (χ2n) is 6.26. The second kappa shape index (κ2) is 6.87. The van der Waals surface area contributed by atoms with Crippen molar-refractivity contribution in [2.24, 2.45) is 5.73 Å². The number of likely N-dealkylation sites (N-methyl/N-ethyl adjacent to an activating group) is 1. The number of piperidine rings is 1. The van der Waals surface area contributed by atoms with E-state index in [1.54, 1.807) is 0 Å². The van der Waals surface area contributed by atoms with Crippen molar-refractivity contribution in [2.45, 2.75) is 50.6 Å². The molecule has 20 heavy (non-hydrogen) atoms. The van der Waals surface area contributed by atoms with Gasteiger partial charge in [-0.1, -0.05) is 6.92 Å². The van der Waals surface area contributed by atoms with Gasteiger partial charge in [0.2, 0.25) is 5.91 Å². The van der Waals surface area contributed by atoms with E-state index < -0.39 is 5.54 Å².